The molecule has 8 heteroatoms. The van der Waals surface area contributed by atoms with E-state index in [0.717, 1.165) is 25.0 Å². The maximum Gasteiger partial charge on any atom is 0.311 e. The standard InChI is InChI=1S/C15H15N3O5/c16-8-11(15(20)17-9-12-2-1-5-23-12)6-10-3-4-14(19)13(7-10)18(21)22/h3-4,6-7,12,19H,1-2,5,9H2,(H,17,20)/b11-6+. The third kappa shape index (κ3) is 4.28. The molecule has 23 heavy (non-hydrogen) atoms. The number of carbonyl (C=O) groups excluding carboxylic acids is 1. The molecule has 1 saturated heterocycles. The van der Waals surface area contributed by atoms with Crippen LogP contribution in [0.4, 0.5) is 5.69 Å². The lowest BCUT2D eigenvalue weighted by atomic mass is 10.1. The van der Waals surface area contributed by atoms with Gasteiger partial charge in [-0.15, -0.1) is 0 Å². The van der Waals surface area contributed by atoms with Crippen LogP contribution in [0.5, 0.6) is 5.75 Å². The van der Waals surface area contributed by atoms with E-state index in [2.05, 4.69) is 5.32 Å². The van der Waals surface area contributed by atoms with Crippen molar-refractivity contribution in [2.24, 2.45) is 0 Å². The van der Waals surface area contributed by atoms with Gasteiger partial charge in [0.05, 0.1) is 11.0 Å². The zero-order valence-corrected chi connectivity index (χ0v) is 12.2. The first-order valence-corrected chi connectivity index (χ1v) is 7.00. The summed E-state index contributed by atoms with van der Waals surface area (Å²) >= 11 is 0. The number of nitrogens with one attached hydrogen (secondary N) is 1. The number of nitro groups is 1. The van der Waals surface area contributed by atoms with Gasteiger partial charge in [0.1, 0.15) is 11.6 Å². The highest BCUT2D eigenvalue weighted by atomic mass is 16.6. The molecule has 2 rings (SSSR count). The summed E-state index contributed by atoms with van der Waals surface area (Å²) in [7, 11) is 0. The van der Waals surface area contributed by atoms with E-state index in [1.165, 1.54) is 12.1 Å². The number of nitriles is 1. The van der Waals surface area contributed by atoms with E-state index < -0.39 is 22.3 Å². The maximum atomic E-state index is 12.0. The molecule has 2 N–H and O–H groups in total. The SMILES string of the molecule is N#C/C(=C\c1ccc(O)c([N+](=O)[O-])c1)C(=O)NCC1CCCO1. The van der Waals surface area contributed by atoms with E-state index in [0.29, 0.717) is 13.2 Å². The summed E-state index contributed by atoms with van der Waals surface area (Å²) in [6.45, 7) is 0.978. The fraction of sp³-hybridized carbons (Fsp3) is 0.333. The van der Waals surface area contributed by atoms with Gasteiger partial charge in [-0.25, -0.2) is 0 Å². The number of carbonyl (C=O) groups is 1. The lowest BCUT2D eigenvalue weighted by Crippen LogP contribution is -2.32. The van der Waals surface area contributed by atoms with Crippen LogP contribution in [0.1, 0.15) is 18.4 Å². The fourth-order valence-corrected chi connectivity index (χ4v) is 2.20. The minimum atomic E-state index is -0.740. The first-order valence-electron chi connectivity index (χ1n) is 7.00. The Morgan fingerprint density at radius 2 is 2.39 bits per heavy atom. The summed E-state index contributed by atoms with van der Waals surface area (Å²) in [6, 6.07) is 5.39. The summed E-state index contributed by atoms with van der Waals surface area (Å²) in [6.07, 6.45) is 2.99. The molecule has 0 aliphatic carbocycles. The summed E-state index contributed by atoms with van der Waals surface area (Å²) in [5.74, 6) is -1.05. The van der Waals surface area contributed by atoms with Gasteiger partial charge in [0.2, 0.25) is 0 Å². The number of phenolic OH excluding ortho intramolecular Hbond substituents is 1. The first kappa shape index (κ1) is 16.5. The largest absolute Gasteiger partial charge is 0.502 e. The molecule has 1 aliphatic rings. The number of rotatable bonds is 5. The van der Waals surface area contributed by atoms with Gasteiger partial charge < -0.3 is 15.2 Å². The van der Waals surface area contributed by atoms with Crippen LogP contribution in [0.25, 0.3) is 6.08 Å². The van der Waals surface area contributed by atoms with Crippen LogP contribution >= 0.6 is 0 Å². The Balaban J connectivity index is 2.11. The van der Waals surface area contributed by atoms with Crippen molar-refractivity contribution in [1.29, 1.82) is 5.26 Å². The van der Waals surface area contributed by atoms with Crippen molar-refractivity contribution < 1.29 is 19.6 Å². The Morgan fingerprint density at radius 1 is 1.61 bits per heavy atom. The van der Waals surface area contributed by atoms with Gasteiger partial charge in [-0.1, -0.05) is 6.07 Å². The minimum absolute atomic E-state index is 0.0475. The summed E-state index contributed by atoms with van der Waals surface area (Å²) in [5, 5.41) is 31.9. The molecule has 1 aromatic carbocycles. The molecule has 0 bridgehead atoms. The van der Waals surface area contributed by atoms with Crippen molar-refractivity contribution in [3.63, 3.8) is 0 Å². The third-order valence-electron chi connectivity index (χ3n) is 3.39. The van der Waals surface area contributed by atoms with Crippen molar-refractivity contribution in [1.82, 2.24) is 5.32 Å². The number of nitrogens with zero attached hydrogens (tertiary/aromatic N) is 2. The molecule has 0 spiro atoms. The minimum Gasteiger partial charge on any atom is -0.502 e. The zero-order valence-electron chi connectivity index (χ0n) is 12.2. The highest BCUT2D eigenvalue weighted by molar-refractivity contribution is 6.01. The quantitative estimate of drug-likeness (QED) is 0.367. The highest BCUT2D eigenvalue weighted by Crippen LogP contribution is 2.27. The molecule has 1 heterocycles. The lowest BCUT2D eigenvalue weighted by molar-refractivity contribution is -0.385. The van der Waals surface area contributed by atoms with Gasteiger partial charge in [0.25, 0.3) is 5.91 Å². The Bertz CT molecular complexity index is 687. The van der Waals surface area contributed by atoms with Crippen LogP contribution in [0.3, 0.4) is 0 Å². The van der Waals surface area contributed by atoms with Gasteiger partial charge in [-0.2, -0.15) is 5.26 Å². The Morgan fingerprint density at radius 3 is 3.00 bits per heavy atom. The number of aromatic hydroxyl groups is 1. The van der Waals surface area contributed by atoms with Crippen LogP contribution in [-0.4, -0.2) is 35.2 Å². The van der Waals surface area contributed by atoms with E-state index in [4.69, 9.17) is 10.00 Å². The monoisotopic (exact) mass is 317 g/mol. The molecule has 0 saturated carbocycles. The zero-order chi connectivity index (χ0) is 16.8. The Hall–Kier alpha value is -2.92. The summed E-state index contributed by atoms with van der Waals surface area (Å²) < 4.78 is 5.37. The molecular weight excluding hydrogens is 302 g/mol. The van der Waals surface area contributed by atoms with E-state index in [1.54, 1.807) is 6.07 Å². The second-order valence-electron chi connectivity index (χ2n) is 5.02. The Labute approximate surface area is 132 Å². The van der Waals surface area contributed by atoms with Crippen molar-refractivity contribution in [3.05, 3.63) is 39.4 Å². The molecule has 120 valence electrons. The molecule has 1 atom stereocenters. The molecule has 1 fully saturated rings. The van der Waals surface area contributed by atoms with Crippen LogP contribution in [0.2, 0.25) is 0 Å². The molecule has 1 unspecified atom stereocenters. The third-order valence-corrected chi connectivity index (χ3v) is 3.39. The molecular formula is C15H15N3O5. The maximum absolute atomic E-state index is 12.0. The number of benzene rings is 1. The van der Waals surface area contributed by atoms with Crippen LogP contribution in [0.15, 0.2) is 23.8 Å². The molecule has 8 nitrogen and oxygen atoms in total. The van der Waals surface area contributed by atoms with Crippen molar-refractivity contribution in [2.75, 3.05) is 13.2 Å². The fourth-order valence-electron chi connectivity index (χ4n) is 2.20. The number of amides is 1. The second-order valence-corrected chi connectivity index (χ2v) is 5.02. The summed E-state index contributed by atoms with van der Waals surface area (Å²) in [4.78, 5) is 22.0. The van der Waals surface area contributed by atoms with E-state index in [1.807, 2.05) is 0 Å². The van der Waals surface area contributed by atoms with Crippen LogP contribution in [-0.2, 0) is 9.53 Å². The Kier molecular flexibility index (Phi) is 5.28. The van der Waals surface area contributed by atoms with Crippen molar-refractivity contribution >= 4 is 17.7 Å². The van der Waals surface area contributed by atoms with E-state index in [-0.39, 0.29) is 17.2 Å². The molecule has 0 radical (unpaired) electrons. The number of hydrogen-bond acceptors (Lipinski definition) is 6. The number of nitro benzene ring substituents is 1. The predicted octanol–water partition coefficient (Wildman–Crippen LogP) is 1.50. The van der Waals surface area contributed by atoms with Gasteiger partial charge in [-0.3, -0.25) is 14.9 Å². The van der Waals surface area contributed by atoms with E-state index >= 15 is 0 Å². The number of hydrogen-bond donors (Lipinski definition) is 2. The van der Waals surface area contributed by atoms with Gasteiger partial charge in [0, 0.05) is 19.2 Å². The average Bonchev–Trinajstić information content (AvgIpc) is 3.04. The van der Waals surface area contributed by atoms with E-state index in [9.17, 15) is 20.0 Å². The van der Waals surface area contributed by atoms with Gasteiger partial charge >= 0.3 is 5.69 Å². The van der Waals surface area contributed by atoms with Crippen molar-refractivity contribution in [2.45, 2.75) is 18.9 Å². The lowest BCUT2D eigenvalue weighted by Gasteiger charge is -2.10. The molecule has 1 aliphatic heterocycles. The molecule has 0 aromatic heterocycles. The predicted molar refractivity (Wildman–Crippen MR) is 80.3 cm³/mol. The molecule has 1 aromatic rings. The first-order chi connectivity index (χ1) is 11.0. The highest BCUT2D eigenvalue weighted by Gasteiger charge is 2.18. The second kappa shape index (κ2) is 7.38. The van der Waals surface area contributed by atoms with Crippen LogP contribution in [0, 0.1) is 21.4 Å². The topological polar surface area (TPSA) is 125 Å². The van der Waals surface area contributed by atoms with Gasteiger partial charge in [-0.05, 0) is 30.5 Å². The normalized spacial score (nSPS) is 17.5. The number of phenols is 1. The van der Waals surface area contributed by atoms with Gasteiger partial charge in [0.15, 0.2) is 5.75 Å². The van der Waals surface area contributed by atoms with Crippen LogP contribution < -0.4 is 5.32 Å². The number of ether oxygens (including phenoxy) is 1. The molecule has 1 amide bonds. The smallest absolute Gasteiger partial charge is 0.311 e. The van der Waals surface area contributed by atoms with Crippen molar-refractivity contribution in [3.8, 4) is 11.8 Å². The summed E-state index contributed by atoms with van der Waals surface area (Å²) in [5.41, 5.74) is -0.392. The average molecular weight is 317 g/mol.